The first-order valence-electron chi connectivity index (χ1n) is 9.01. The third-order valence-corrected chi connectivity index (χ3v) is 3.81. The molecule has 1 unspecified atom stereocenters. The van der Waals surface area contributed by atoms with Crippen LogP contribution in [0.4, 0.5) is 0 Å². The molecule has 0 aromatic heterocycles. The molecule has 0 N–H and O–H groups in total. The molecule has 0 saturated carbocycles. The summed E-state index contributed by atoms with van der Waals surface area (Å²) in [5.74, 6) is -0.508. The third kappa shape index (κ3) is 11.4. The van der Waals surface area contributed by atoms with Gasteiger partial charge in [0.25, 0.3) is 0 Å². The van der Waals surface area contributed by atoms with Gasteiger partial charge in [-0.1, -0.05) is 33.2 Å². The van der Waals surface area contributed by atoms with Gasteiger partial charge in [0.15, 0.2) is 0 Å². The van der Waals surface area contributed by atoms with E-state index in [0.29, 0.717) is 37.6 Å². The van der Waals surface area contributed by atoms with Gasteiger partial charge in [-0.05, 0) is 19.4 Å². The molecule has 0 aliphatic carbocycles. The maximum Gasteiger partial charge on any atom is 0.333 e. The number of hydrogen-bond donors (Lipinski definition) is 0. The van der Waals surface area contributed by atoms with Crippen LogP contribution in [0.3, 0.4) is 0 Å². The zero-order valence-corrected chi connectivity index (χ0v) is 17.0. The SMILES string of the molecule is C=CC(=C)OCCOCC(CC)(COCCOC(=O)C=C)COC(=O)C(=C)C. The Bertz CT molecular complexity index is 521. The van der Waals surface area contributed by atoms with Gasteiger partial charge in [0.2, 0.25) is 0 Å². The second kappa shape index (κ2) is 14.6. The first-order chi connectivity index (χ1) is 13.3. The van der Waals surface area contributed by atoms with E-state index < -0.39 is 17.4 Å². The molecule has 0 aromatic carbocycles. The molecule has 7 nitrogen and oxygen atoms in total. The van der Waals surface area contributed by atoms with E-state index in [1.54, 1.807) is 6.92 Å². The Hall–Kier alpha value is -2.38. The van der Waals surface area contributed by atoms with Crippen LogP contribution >= 0.6 is 0 Å². The summed E-state index contributed by atoms with van der Waals surface area (Å²) < 4.78 is 26.8. The number of ether oxygens (including phenoxy) is 5. The summed E-state index contributed by atoms with van der Waals surface area (Å²) in [4.78, 5) is 22.8. The summed E-state index contributed by atoms with van der Waals surface area (Å²) in [6.45, 7) is 19.3. The summed E-state index contributed by atoms with van der Waals surface area (Å²) >= 11 is 0. The average molecular weight is 396 g/mol. The zero-order chi connectivity index (χ0) is 21.4. The molecular weight excluding hydrogens is 364 g/mol. The highest BCUT2D eigenvalue weighted by molar-refractivity contribution is 5.86. The van der Waals surface area contributed by atoms with Crippen LogP contribution in [0, 0.1) is 5.41 Å². The molecule has 0 aromatic rings. The number of esters is 2. The van der Waals surface area contributed by atoms with Crippen molar-refractivity contribution in [3.05, 3.63) is 49.8 Å². The minimum atomic E-state index is -0.553. The second-order valence-corrected chi connectivity index (χ2v) is 6.21. The van der Waals surface area contributed by atoms with Crippen LogP contribution in [0.15, 0.2) is 49.8 Å². The molecule has 0 fully saturated rings. The highest BCUT2D eigenvalue weighted by Gasteiger charge is 2.31. The molecule has 0 radical (unpaired) electrons. The van der Waals surface area contributed by atoms with E-state index in [2.05, 4.69) is 26.3 Å². The smallest absolute Gasteiger partial charge is 0.333 e. The van der Waals surface area contributed by atoms with Crippen molar-refractivity contribution in [3.63, 3.8) is 0 Å². The van der Waals surface area contributed by atoms with Crippen molar-refractivity contribution in [2.45, 2.75) is 20.3 Å². The van der Waals surface area contributed by atoms with E-state index in [1.807, 2.05) is 6.92 Å². The van der Waals surface area contributed by atoms with Gasteiger partial charge < -0.3 is 23.7 Å². The summed E-state index contributed by atoms with van der Waals surface area (Å²) in [6, 6.07) is 0. The highest BCUT2D eigenvalue weighted by Crippen LogP contribution is 2.24. The monoisotopic (exact) mass is 396 g/mol. The first-order valence-corrected chi connectivity index (χ1v) is 9.01. The Morgan fingerprint density at radius 3 is 1.89 bits per heavy atom. The van der Waals surface area contributed by atoms with Gasteiger partial charge in [0.05, 0.1) is 31.8 Å². The van der Waals surface area contributed by atoms with Crippen LogP contribution in [0.2, 0.25) is 0 Å². The molecule has 7 heteroatoms. The quantitative estimate of drug-likeness (QED) is 0.123. The Labute approximate surface area is 167 Å². The molecule has 0 saturated heterocycles. The predicted octanol–water partition coefficient (Wildman–Crippen LogP) is 2.98. The van der Waals surface area contributed by atoms with Crippen LogP contribution < -0.4 is 0 Å². The highest BCUT2D eigenvalue weighted by atomic mass is 16.6. The van der Waals surface area contributed by atoms with Gasteiger partial charge in [-0.3, -0.25) is 0 Å². The lowest BCUT2D eigenvalue weighted by Crippen LogP contribution is -2.38. The number of allylic oxidation sites excluding steroid dienone is 1. The number of rotatable bonds is 17. The molecule has 0 bridgehead atoms. The fourth-order valence-electron chi connectivity index (χ4n) is 1.90. The number of carbonyl (C=O) groups is 2. The van der Waals surface area contributed by atoms with E-state index in [4.69, 9.17) is 23.7 Å². The fourth-order valence-corrected chi connectivity index (χ4v) is 1.90. The average Bonchev–Trinajstić information content (AvgIpc) is 2.69. The standard InChI is InChI=1S/C21H32O7/c1-7-18(6)26-12-10-24-14-21(9-3,16-28-20(23)17(4)5)15-25-11-13-27-19(22)8-2/h7-8H,1-2,4,6,9-16H2,3,5H3. The van der Waals surface area contributed by atoms with Crippen LogP contribution in [-0.2, 0) is 33.3 Å². The second-order valence-electron chi connectivity index (χ2n) is 6.21. The predicted molar refractivity (Wildman–Crippen MR) is 107 cm³/mol. The van der Waals surface area contributed by atoms with Gasteiger partial charge in [-0.15, -0.1) is 0 Å². The molecule has 0 heterocycles. The lowest BCUT2D eigenvalue weighted by molar-refractivity contribution is -0.149. The summed E-state index contributed by atoms with van der Waals surface area (Å²) in [5.41, 5.74) is -0.234. The van der Waals surface area contributed by atoms with Crippen molar-refractivity contribution in [2.75, 3.05) is 46.2 Å². The first kappa shape index (κ1) is 25.6. The van der Waals surface area contributed by atoms with Gasteiger partial charge in [-0.25, -0.2) is 9.59 Å². The number of hydrogen-bond acceptors (Lipinski definition) is 7. The zero-order valence-electron chi connectivity index (χ0n) is 17.0. The van der Waals surface area contributed by atoms with Gasteiger partial charge in [-0.2, -0.15) is 0 Å². The van der Waals surface area contributed by atoms with E-state index >= 15 is 0 Å². The molecule has 1 atom stereocenters. The van der Waals surface area contributed by atoms with Crippen molar-refractivity contribution in [1.29, 1.82) is 0 Å². The molecule has 0 rings (SSSR count). The van der Waals surface area contributed by atoms with Crippen LogP contribution in [0.5, 0.6) is 0 Å². The fraction of sp³-hybridized carbons (Fsp3) is 0.524. The number of carbonyl (C=O) groups excluding carboxylic acids is 2. The van der Waals surface area contributed by atoms with E-state index in [0.717, 1.165) is 6.08 Å². The lowest BCUT2D eigenvalue weighted by Gasteiger charge is -2.31. The van der Waals surface area contributed by atoms with Crippen LogP contribution in [0.25, 0.3) is 0 Å². The molecule has 0 aliphatic rings. The van der Waals surface area contributed by atoms with E-state index in [1.165, 1.54) is 6.08 Å². The Balaban J connectivity index is 4.63. The van der Waals surface area contributed by atoms with Crippen molar-refractivity contribution in [1.82, 2.24) is 0 Å². The molecule has 0 amide bonds. The summed E-state index contributed by atoms with van der Waals surface area (Å²) in [7, 11) is 0. The minimum absolute atomic E-state index is 0.106. The van der Waals surface area contributed by atoms with Gasteiger partial charge >= 0.3 is 11.9 Å². The van der Waals surface area contributed by atoms with Gasteiger partial charge in [0, 0.05) is 11.6 Å². The molecule has 0 aliphatic heterocycles. The van der Waals surface area contributed by atoms with E-state index in [-0.39, 0.29) is 26.4 Å². The van der Waals surface area contributed by atoms with Crippen molar-refractivity contribution in [2.24, 2.45) is 5.41 Å². The van der Waals surface area contributed by atoms with Gasteiger partial charge in [0.1, 0.15) is 25.6 Å². The molecular formula is C21H32O7. The lowest BCUT2D eigenvalue weighted by atomic mass is 9.88. The maximum atomic E-state index is 11.8. The Kier molecular flexibility index (Phi) is 13.4. The minimum Gasteiger partial charge on any atom is -0.492 e. The molecule has 0 spiro atoms. The van der Waals surface area contributed by atoms with Crippen molar-refractivity contribution >= 4 is 11.9 Å². The van der Waals surface area contributed by atoms with Crippen molar-refractivity contribution in [3.8, 4) is 0 Å². The van der Waals surface area contributed by atoms with Crippen LogP contribution in [-0.4, -0.2) is 58.2 Å². The molecule has 28 heavy (non-hydrogen) atoms. The Morgan fingerprint density at radius 2 is 1.43 bits per heavy atom. The third-order valence-electron chi connectivity index (χ3n) is 3.81. The van der Waals surface area contributed by atoms with E-state index in [9.17, 15) is 9.59 Å². The largest absolute Gasteiger partial charge is 0.492 e. The van der Waals surface area contributed by atoms with Crippen molar-refractivity contribution < 1.29 is 33.3 Å². The maximum absolute atomic E-state index is 11.8. The summed E-state index contributed by atoms with van der Waals surface area (Å²) in [5, 5.41) is 0. The normalized spacial score (nSPS) is 12.4. The Morgan fingerprint density at radius 1 is 0.857 bits per heavy atom. The summed E-state index contributed by atoms with van der Waals surface area (Å²) in [6.07, 6.45) is 3.24. The topological polar surface area (TPSA) is 80.3 Å². The van der Waals surface area contributed by atoms with Crippen LogP contribution in [0.1, 0.15) is 20.3 Å². The molecule has 158 valence electrons.